The molecule has 2 aromatic rings. The molecule has 0 N–H and O–H groups in total. The number of benzene rings is 2. The summed E-state index contributed by atoms with van der Waals surface area (Å²) < 4.78 is 42.3. The van der Waals surface area contributed by atoms with E-state index in [0.29, 0.717) is 22.1 Å². The summed E-state index contributed by atoms with van der Waals surface area (Å²) in [6.07, 6.45) is 2.66. The lowest BCUT2D eigenvalue weighted by Gasteiger charge is -2.33. The average Bonchev–Trinajstić information content (AvgIpc) is 2.89. The normalized spacial score (nSPS) is 14.3. The predicted molar refractivity (Wildman–Crippen MR) is 131 cm³/mol. The first-order valence-corrected chi connectivity index (χ1v) is 12.6. The Bertz CT molecular complexity index is 1270. The van der Waals surface area contributed by atoms with E-state index in [2.05, 4.69) is 0 Å². The summed E-state index contributed by atoms with van der Waals surface area (Å²) in [6, 6.07) is 12.7. The maximum Gasteiger partial charge on any atom is 0.331 e. The van der Waals surface area contributed by atoms with E-state index in [4.69, 9.17) is 31.1 Å². The fourth-order valence-electron chi connectivity index (χ4n) is 3.39. The van der Waals surface area contributed by atoms with Crippen LogP contribution in [0.2, 0.25) is 5.02 Å². The molecule has 3 rings (SSSR count). The van der Waals surface area contributed by atoms with Gasteiger partial charge in [0, 0.05) is 37.3 Å². The molecule has 1 aliphatic heterocycles. The average molecular weight is 534 g/mol. The third-order valence-electron chi connectivity index (χ3n) is 5.27. The third-order valence-corrected chi connectivity index (χ3v) is 7.44. The van der Waals surface area contributed by atoms with Crippen molar-refractivity contribution in [1.82, 2.24) is 9.21 Å². The minimum Gasteiger partial charge on any atom is -0.493 e. The smallest absolute Gasteiger partial charge is 0.331 e. The van der Waals surface area contributed by atoms with Crippen molar-refractivity contribution in [3.8, 4) is 17.6 Å². The standard InChI is InChI=1S/C24H24ClN3O7S/c1-33-22-16-18(2-8-21(22)34-15-10-26)3-9-24(30)35-17-23(29)27-11-13-28(14-12-27)36(31,32)20-6-4-19(25)5-7-20/h2-9,16H,11-15,17H2,1H3. The number of methoxy groups -OCH3 is 1. The van der Waals surface area contributed by atoms with E-state index in [1.54, 1.807) is 18.2 Å². The zero-order valence-corrected chi connectivity index (χ0v) is 21.0. The van der Waals surface area contributed by atoms with Crippen LogP contribution in [0.5, 0.6) is 11.5 Å². The second-order valence-electron chi connectivity index (χ2n) is 7.54. The Labute approximate surface area is 214 Å². The lowest BCUT2D eigenvalue weighted by Crippen LogP contribution is -2.51. The van der Waals surface area contributed by atoms with Crippen LogP contribution in [-0.2, 0) is 24.3 Å². The van der Waals surface area contributed by atoms with Crippen LogP contribution in [0.3, 0.4) is 0 Å². The monoisotopic (exact) mass is 533 g/mol. The SMILES string of the molecule is COc1cc(C=CC(=O)OCC(=O)N2CCN(S(=O)(=O)c3ccc(Cl)cc3)CC2)ccc1OCC#N. The van der Waals surface area contributed by atoms with E-state index in [9.17, 15) is 18.0 Å². The number of rotatable bonds is 9. The topological polar surface area (TPSA) is 126 Å². The van der Waals surface area contributed by atoms with Gasteiger partial charge in [-0.25, -0.2) is 13.2 Å². The van der Waals surface area contributed by atoms with Gasteiger partial charge in [-0.1, -0.05) is 17.7 Å². The highest BCUT2D eigenvalue weighted by Gasteiger charge is 2.30. The maximum absolute atomic E-state index is 12.8. The molecule has 2 aromatic carbocycles. The van der Waals surface area contributed by atoms with Crippen LogP contribution >= 0.6 is 11.6 Å². The molecule has 0 unspecified atom stereocenters. The Kier molecular flexibility index (Phi) is 9.30. The van der Waals surface area contributed by atoms with Crippen LogP contribution in [0.25, 0.3) is 6.08 Å². The number of carbonyl (C=O) groups excluding carboxylic acids is 2. The molecule has 1 fully saturated rings. The van der Waals surface area contributed by atoms with Crippen molar-refractivity contribution in [1.29, 1.82) is 5.26 Å². The van der Waals surface area contributed by atoms with Gasteiger partial charge < -0.3 is 19.1 Å². The van der Waals surface area contributed by atoms with Crippen molar-refractivity contribution in [3.63, 3.8) is 0 Å². The van der Waals surface area contributed by atoms with Gasteiger partial charge in [0.25, 0.3) is 5.91 Å². The van der Waals surface area contributed by atoms with Crippen LogP contribution in [0, 0.1) is 11.3 Å². The molecule has 0 aromatic heterocycles. The number of sulfonamides is 1. The molecule has 1 saturated heterocycles. The van der Waals surface area contributed by atoms with Gasteiger partial charge in [-0.05, 0) is 48.0 Å². The number of nitrogens with zero attached hydrogens (tertiary/aromatic N) is 3. The van der Waals surface area contributed by atoms with Crippen molar-refractivity contribution < 1.29 is 32.2 Å². The second kappa shape index (κ2) is 12.4. The predicted octanol–water partition coefficient (Wildman–Crippen LogP) is 2.34. The minimum atomic E-state index is -3.69. The molecule has 0 spiro atoms. The molecule has 0 radical (unpaired) electrons. The largest absolute Gasteiger partial charge is 0.493 e. The Morgan fingerprint density at radius 2 is 1.78 bits per heavy atom. The highest BCUT2D eigenvalue weighted by Crippen LogP contribution is 2.28. The Morgan fingerprint density at radius 3 is 2.42 bits per heavy atom. The van der Waals surface area contributed by atoms with E-state index >= 15 is 0 Å². The van der Waals surface area contributed by atoms with Crippen LogP contribution in [-0.4, -0.2) is 76.0 Å². The molecule has 0 aliphatic carbocycles. The van der Waals surface area contributed by atoms with Crippen molar-refractivity contribution >= 4 is 39.6 Å². The molecule has 12 heteroatoms. The Hall–Kier alpha value is -3.59. The van der Waals surface area contributed by atoms with Gasteiger partial charge in [-0.3, -0.25) is 4.79 Å². The molecule has 1 heterocycles. The van der Waals surface area contributed by atoms with Gasteiger partial charge in [0.2, 0.25) is 10.0 Å². The molecular formula is C24H24ClN3O7S. The van der Waals surface area contributed by atoms with Gasteiger partial charge in [0.1, 0.15) is 6.07 Å². The van der Waals surface area contributed by atoms with Crippen molar-refractivity contribution in [2.45, 2.75) is 4.90 Å². The Balaban J connectivity index is 1.48. The van der Waals surface area contributed by atoms with Crippen molar-refractivity contribution in [2.75, 3.05) is 46.5 Å². The molecule has 10 nitrogen and oxygen atoms in total. The summed E-state index contributed by atoms with van der Waals surface area (Å²) in [5.41, 5.74) is 0.623. The molecule has 0 saturated carbocycles. The fourth-order valence-corrected chi connectivity index (χ4v) is 4.94. The van der Waals surface area contributed by atoms with Crippen molar-refractivity contribution in [3.05, 3.63) is 59.1 Å². The zero-order chi connectivity index (χ0) is 26.1. The number of ether oxygens (including phenoxy) is 3. The van der Waals surface area contributed by atoms with Crippen LogP contribution in [0.15, 0.2) is 53.4 Å². The quantitative estimate of drug-likeness (QED) is 0.355. The Morgan fingerprint density at radius 1 is 1.08 bits per heavy atom. The lowest BCUT2D eigenvalue weighted by molar-refractivity contribution is -0.148. The van der Waals surface area contributed by atoms with Gasteiger partial charge in [-0.15, -0.1) is 0 Å². The molecular weight excluding hydrogens is 510 g/mol. The van der Waals surface area contributed by atoms with Crippen LogP contribution in [0.4, 0.5) is 0 Å². The first-order chi connectivity index (χ1) is 17.2. The number of esters is 1. The summed E-state index contributed by atoms with van der Waals surface area (Å²) in [5.74, 6) is -0.337. The summed E-state index contributed by atoms with van der Waals surface area (Å²) in [4.78, 5) is 26.1. The van der Waals surface area contributed by atoms with Crippen LogP contribution < -0.4 is 9.47 Å². The van der Waals surface area contributed by atoms with Crippen molar-refractivity contribution in [2.24, 2.45) is 0 Å². The number of amides is 1. The number of carbonyl (C=O) groups is 2. The molecule has 190 valence electrons. The maximum atomic E-state index is 12.8. The number of hydrogen-bond acceptors (Lipinski definition) is 8. The molecule has 1 amide bonds. The van der Waals surface area contributed by atoms with E-state index in [0.717, 1.165) is 0 Å². The number of piperazine rings is 1. The second-order valence-corrected chi connectivity index (χ2v) is 9.91. The van der Waals surface area contributed by atoms with Gasteiger partial charge in [0.15, 0.2) is 24.7 Å². The lowest BCUT2D eigenvalue weighted by atomic mass is 10.2. The highest BCUT2D eigenvalue weighted by atomic mass is 35.5. The summed E-state index contributed by atoms with van der Waals surface area (Å²) in [5, 5.41) is 9.06. The van der Waals surface area contributed by atoms with Gasteiger partial charge in [-0.2, -0.15) is 9.57 Å². The molecule has 0 atom stereocenters. The van der Waals surface area contributed by atoms with E-state index < -0.39 is 28.5 Å². The highest BCUT2D eigenvalue weighted by molar-refractivity contribution is 7.89. The van der Waals surface area contributed by atoms with E-state index in [1.165, 1.54) is 52.7 Å². The van der Waals surface area contributed by atoms with Gasteiger partial charge >= 0.3 is 5.97 Å². The first-order valence-electron chi connectivity index (χ1n) is 10.8. The molecule has 0 bridgehead atoms. The summed E-state index contributed by atoms with van der Waals surface area (Å²) in [6.45, 7) is 0.0233. The van der Waals surface area contributed by atoms with E-state index in [-0.39, 0.29) is 37.7 Å². The number of hydrogen-bond donors (Lipinski definition) is 0. The summed E-state index contributed by atoms with van der Waals surface area (Å²) >= 11 is 5.83. The van der Waals surface area contributed by atoms with Gasteiger partial charge in [0.05, 0.1) is 12.0 Å². The minimum absolute atomic E-state index is 0.125. The third kappa shape index (κ3) is 6.97. The first kappa shape index (κ1) is 27.0. The number of nitriles is 1. The fraction of sp³-hybridized carbons (Fsp3) is 0.292. The van der Waals surface area contributed by atoms with E-state index in [1.807, 2.05) is 6.07 Å². The zero-order valence-electron chi connectivity index (χ0n) is 19.4. The molecule has 1 aliphatic rings. The van der Waals surface area contributed by atoms with Crippen LogP contribution in [0.1, 0.15) is 5.56 Å². The molecule has 36 heavy (non-hydrogen) atoms. The summed E-state index contributed by atoms with van der Waals surface area (Å²) in [7, 11) is -2.24. The number of halogens is 1.